The van der Waals surface area contributed by atoms with Gasteiger partial charge in [-0.1, -0.05) is 24.3 Å². The Kier molecular flexibility index (Phi) is 6.17. The van der Waals surface area contributed by atoms with Gasteiger partial charge < -0.3 is 10.4 Å². The van der Waals surface area contributed by atoms with Gasteiger partial charge in [0.1, 0.15) is 5.75 Å². The zero-order chi connectivity index (χ0) is 18.4. The first-order chi connectivity index (χ1) is 11.8. The van der Waals surface area contributed by atoms with E-state index in [1.54, 1.807) is 31.2 Å². The second-order valence-electron chi connectivity index (χ2n) is 5.93. The molecule has 134 valence electrons. The van der Waals surface area contributed by atoms with Crippen LogP contribution < -0.4 is 10.5 Å². The van der Waals surface area contributed by atoms with Crippen molar-refractivity contribution >= 4 is 15.9 Å². The predicted molar refractivity (Wildman–Crippen MR) is 95.4 cm³/mol. The van der Waals surface area contributed by atoms with Crippen molar-refractivity contribution < 1.29 is 18.3 Å². The van der Waals surface area contributed by atoms with Crippen LogP contribution in [0.2, 0.25) is 0 Å². The molecule has 0 spiro atoms. The number of nitrogens with one attached hydrogen (secondary N) is 1. The molecule has 7 heteroatoms. The largest absolute Gasteiger partial charge is 0.508 e. The van der Waals surface area contributed by atoms with E-state index in [0.29, 0.717) is 18.4 Å². The van der Waals surface area contributed by atoms with Gasteiger partial charge in [0.25, 0.3) is 0 Å². The fraction of sp³-hybridized carbons (Fsp3) is 0.278. The summed E-state index contributed by atoms with van der Waals surface area (Å²) in [7, 11) is -3.77. The third kappa shape index (κ3) is 5.88. The molecule has 2 rings (SSSR count). The first-order valence-electron chi connectivity index (χ1n) is 7.96. The van der Waals surface area contributed by atoms with Gasteiger partial charge in [0.05, 0.1) is 10.9 Å². The minimum atomic E-state index is -3.77. The number of benzene rings is 2. The number of carbonyl (C=O) groups excluding carboxylic acids is 1. The number of carbonyl (C=O) groups is 1. The summed E-state index contributed by atoms with van der Waals surface area (Å²) in [5.74, 6) is 0.115. The van der Waals surface area contributed by atoms with Crippen LogP contribution in [0.5, 0.6) is 5.75 Å². The van der Waals surface area contributed by atoms with Crippen molar-refractivity contribution in [3.05, 3.63) is 59.7 Å². The Labute approximate surface area is 147 Å². The SMILES string of the molecule is C[C@@H](NC(=O)CCCc1ccc(O)cc1)c1cccc(S(N)(=O)=O)c1. The van der Waals surface area contributed by atoms with Gasteiger partial charge in [-0.05, 0) is 55.2 Å². The molecule has 4 N–H and O–H groups in total. The Bertz CT molecular complexity index is 832. The highest BCUT2D eigenvalue weighted by atomic mass is 32.2. The first-order valence-corrected chi connectivity index (χ1v) is 9.50. The summed E-state index contributed by atoms with van der Waals surface area (Å²) < 4.78 is 22.8. The van der Waals surface area contributed by atoms with E-state index >= 15 is 0 Å². The highest BCUT2D eigenvalue weighted by Crippen LogP contribution is 2.17. The lowest BCUT2D eigenvalue weighted by Gasteiger charge is -2.15. The molecule has 6 nitrogen and oxygen atoms in total. The van der Waals surface area contributed by atoms with Crippen LogP contribution in [-0.2, 0) is 21.2 Å². The Morgan fingerprint density at radius 3 is 2.52 bits per heavy atom. The van der Waals surface area contributed by atoms with Crippen molar-refractivity contribution in [3.8, 4) is 5.75 Å². The Morgan fingerprint density at radius 2 is 1.88 bits per heavy atom. The number of aryl methyl sites for hydroxylation is 1. The maximum absolute atomic E-state index is 12.1. The monoisotopic (exact) mass is 362 g/mol. The molecule has 1 atom stereocenters. The molecule has 0 aliphatic heterocycles. The highest BCUT2D eigenvalue weighted by Gasteiger charge is 2.13. The van der Waals surface area contributed by atoms with E-state index in [1.165, 1.54) is 12.1 Å². The summed E-state index contributed by atoms with van der Waals surface area (Å²) in [5, 5.41) is 17.2. The average molecular weight is 362 g/mol. The fourth-order valence-electron chi connectivity index (χ4n) is 2.47. The maximum Gasteiger partial charge on any atom is 0.238 e. The maximum atomic E-state index is 12.1. The van der Waals surface area contributed by atoms with Gasteiger partial charge in [0, 0.05) is 6.42 Å². The molecule has 0 radical (unpaired) electrons. The number of primary sulfonamides is 1. The summed E-state index contributed by atoms with van der Waals surface area (Å²) in [6, 6.07) is 12.8. The molecule has 0 aliphatic rings. The quantitative estimate of drug-likeness (QED) is 0.701. The van der Waals surface area contributed by atoms with E-state index in [1.807, 2.05) is 12.1 Å². The van der Waals surface area contributed by atoms with Crippen LogP contribution in [0.3, 0.4) is 0 Å². The molecule has 0 aromatic heterocycles. The lowest BCUT2D eigenvalue weighted by molar-refractivity contribution is -0.121. The van der Waals surface area contributed by atoms with E-state index in [2.05, 4.69) is 5.32 Å². The van der Waals surface area contributed by atoms with E-state index in [9.17, 15) is 18.3 Å². The number of rotatable bonds is 7. The number of phenolic OH excluding ortho intramolecular Hbond substituents is 1. The highest BCUT2D eigenvalue weighted by molar-refractivity contribution is 7.89. The van der Waals surface area contributed by atoms with Crippen LogP contribution >= 0.6 is 0 Å². The fourth-order valence-corrected chi connectivity index (χ4v) is 3.04. The molecule has 0 bridgehead atoms. The zero-order valence-electron chi connectivity index (χ0n) is 14.0. The summed E-state index contributed by atoms with van der Waals surface area (Å²) in [6.45, 7) is 1.79. The van der Waals surface area contributed by atoms with Crippen LogP contribution in [0, 0.1) is 0 Å². The van der Waals surface area contributed by atoms with Crippen LogP contribution in [-0.4, -0.2) is 19.4 Å². The van der Waals surface area contributed by atoms with Gasteiger partial charge in [-0.2, -0.15) is 0 Å². The lowest BCUT2D eigenvalue weighted by atomic mass is 10.1. The molecule has 25 heavy (non-hydrogen) atoms. The van der Waals surface area contributed by atoms with Crippen LogP contribution in [0.15, 0.2) is 53.4 Å². The van der Waals surface area contributed by atoms with Crippen LogP contribution in [0.1, 0.15) is 36.9 Å². The van der Waals surface area contributed by atoms with Crippen molar-refractivity contribution in [2.75, 3.05) is 0 Å². The number of aromatic hydroxyl groups is 1. The second kappa shape index (κ2) is 8.13. The van der Waals surface area contributed by atoms with Crippen LogP contribution in [0.4, 0.5) is 0 Å². The molecule has 0 heterocycles. The third-order valence-electron chi connectivity index (χ3n) is 3.87. The topological polar surface area (TPSA) is 109 Å². The molecule has 0 saturated carbocycles. The summed E-state index contributed by atoms with van der Waals surface area (Å²) >= 11 is 0. The number of nitrogens with two attached hydrogens (primary N) is 1. The van der Waals surface area contributed by atoms with Gasteiger partial charge in [-0.25, -0.2) is 13.6 Å². The number of hydrogen-bond donors (Lipinski definition) is 3. The van der Waals surface area contributed by atoms with Crippen molar-refractivity contribution in [2.24, 2.45) is 5.14 Å². The number of sulfonamides is 1. The number of phenols is 1. The normalized spacial score (nSPS) is 12.6. The Morgan fingerprint density at radius 1 is 1.20 bits per heavy atom. The number of amides is 1. The molecular weight excluding hydrogens is 340 g/mol. The summed E-state index contributed by atoms with van der Waals surface area (Å²) in [4.78, 5) is 12.1. The van der Waals surface area contributed by atoms with E-state index < -0.39 is 10.0 Å². The lowest BCUT2D eigenvalue weighted by Crippen LogP contribution is -2.26. The second-order valence-corrected chi connectivity index (χ2v) is 7.49. The van der Waals surface area contributed by atoms with Crippen molar-refractivity contribution in [1.29, 1.82) is 0 Å². The Hall–Kier alpha value is -2.38. The van der Waals surface area contributed by atoms with Gasteiger partial charge >= 0.3 is 0 Å². The standard InChI is InChI=1S/C18H22N2O4S/c1-13(15-5-3-6-17(12-15)25(19,23)24)20-18(22)7-2-4-14-8-10-16(21)11-9-14/h3,5-6,8-13,21H,2,4,7H2,1H3,(H,20,22)(H2,19,23,24)/t13-/m1/s1. The molecule has 0 fully saturated rings. The van der Waals surface area contributed by atoms with Crippen LogP contribution in [0.25, 0.3) is 0 Å². The molecule has 2 aromatic carbocycles. The number of hydrogen-bond acceptors (Lipinski definition) is 4. The van der Waals surface area contributed by atoms with Gasteiger partial charge in [0.15, 0.2) is 0 Å². The van der Waals surface area contributed by atoms with Gasteiger partial charge in [-0.3, -0.25) is 4.79 Å². The molecule has 0 aliphatic carbocycles. The van der Waals surface area contributed by atoms with E-state index in [-0.39, 0.29) is 22.6 Å². The van der Waals surface area contributed by atoms with Crippen molar-refractivity contribution in [2.45, 2.75) is 37.1 Å². The van der Waals surface area contributed by atoms with Crippen molar-refractivity contribution in [3.63, 3.8) is 0 Å². The molecule has 0 saturated heterocycles. The third-order valence-corrected chi connectivity index (χ3v) is 4.78. The predicted octanol–water partition coefficient (Wildman–Crippen LogP) is 2.24. The molecule has 1 amide bonds. The van der Waals surface area contributed by atoms with Gasteiger partial charge in [-0.15, -0.1) is 0 Å². The smallest absolute Gasteiger partial charge is 0.238 e. The molecule has 2 aromatic rings. The zero-order valence-corrected chi connectivity index (χ0v) is 14.8. The average Bonchev–Trinajstić information content (AvgIpc) is 2.56. The summed E-state index contributed by atoms with van der Waals surface area (Å²) in [5.41, 5.74) is 1.73. The Balaban J connectivity index is 1.86. The van der Waals surface area contributed by atoms with Crippen molar-refractivity contribution in [1.82, 2.24) is 5.32 Å². The van der Waals surface area contributed by atoms with E-state index in [4.69, 9.17) is 5.14 Å². The van der Waals surface area contributed by atoms with Gasteiger partial charge in [0.2, 0.25) is 15.9 Å². The molecular formula is C18H22N2O4S. The minimum Gasteiger partial charge on any atom is -0.508 e. The minimum absolute atomic E-state index is 0.0263. The van der Waals surface area contributed by atoms with E-state index in [0.717, 1.165) is 12.0 Å². The molecule has 0 unspecified atom stereocenters. The first kappa shape index (κ1) is 19.0. The summed E-state index contributed by atoms with van der Waals surface area (Å²) in [6.07, 6.45) is 1.78.